The normalized spacial score (nSPS) is 12.2. The molecule has 4 rings (SSSR count). The van der Waals surface area contributed by atoms with Crippen molar-refractivity contribution in [2.45, 2.75) is 51.3 Å². The van der Waals surface area contributed by atoms with Gasteiger partial charge < -0.3 is 31.7 Å². The summed E-state index contributed by atoms with van der Waals surface area (Å²) in [5, 5.41) is 48.6. The van der Waals surface area contributed by atoms with Gasteiger partial charge in [0.1, 0.15) is 28.9 Å². The molecule has 0 spiro atoms. The number of hydrogen-bond acceptors (Lipinski definition) is 10. The minimum absolute atomic E-state index is 0. The predicted molar refractivity (Wildman–Crippen MR) is 134 cm³/mol. The summed E-state index contributed by atoms with van der Waals surface area (Å²) in [7, 11) is -1.04. The second-order valence-corrected chi connectivity index (χ2v) is 7.89. The summed E-state index contributed by atoms with van der Waals surface area (Å²) in [6.07, 6.45) is 4.28. The number of carboxylic acid groups (broad SMARTS) is 2. The number of anilines is 2. The number of pyridine rings is 2. The van der Waals surface area contributed by atoms with Crippen LogP contribution in [0.3, 0.4) is 0 Å². The zero-order chi connectivity index (χ0) is 27.8. The maximum absolute atomic E-state index is 9.00. The molecule has 2 fully saturated rings. The summed E-state index contributed by atoms with van der Waals surface area (Å²) >= 11 is 5.52. The number of nitriles is 2. The summed E-state index contributed by atoms with van der Waals surface area (Å²) in [6, 6.07) is 10.5. The van der Waals surface area contributed by atoms with Gasteiger partial charge in [-0.25, -0.2) is 9.97 Å². The van der Waals surface area contributed by atoms with Crippen LogP contribution >= 0.6 is 11.6 Å². The Morgan fingerprint density at radius 1 is 0.919 bits per heavy atom. The summed E-state index contributed by atoms with van der Waals surface area (Å²) < 4.78 is 0. The number of aromatic nitrogens is 2. The van der Waals surface area contributed by atoms with Gasteiger partial charge in [0, 0.05) is 40.2 Å². The Hall–Kier alpha value is -3.24. The predicted octanol–water partition coefficient (Wildman–Crippen LogP) is 2.40. The van der Waals surface area contributed by atoms with Crippen LogP contribution in [0.15, 0.2) is 24.3 Å². The van der Waals surface area contributed by atoms with Gasteiger partial charge in [-0.05, 0) is 42.9 Å². The van der Waals surface area contributed by atoms with Gasteiger partial charge in [0.2, 0.25) is 0 Å². The quantitative estimate of drug-likeness (QED) is 0.208. The van der Waals surface area contributed by atoms with Crippen molar-refractivity contribution in [3.8, 4) is 12.1 Å². The second kappa shape index (κ2) is 18.9. The zero-order valence-electron chi connectivity index (χ0n) is 20.1. The van der Waals surface area contributed by atoms with Crippen LogP contribution in [0.2, 0.25) is 11.0 Å². The number of carboxylic acids is 2. The van der Waals surface area contributed by atoms with Crippen LogP contribution in [0.1, 0.15) is 62.3 Å². The van der Waals surface area contributed by atoms with Gasteiger partial charge in [-0.2, -0.15) is 10.5 Å². The smallest absolute Gasteiger partial charge is 0.454 e. The van der Waals surface area contributed by atoms with Crippen molar-refractivity contribution in [2.75, 3.05) is 11.5 Å². The van der Waals surface area contributed by atoms with Crippen molar-refractivity contribution in [3.05, 3.63) is 46.2 Å². The molecule has 0 bridgehead atoms. The van der Waals surface area contributed by atoms with Gasteiger partial charge in [-0.15, -0.1) is 0 Å². The first-order chi connectivity index (χ1) is 16.8. The number of halogens is 1. The molecular weight excluding hydrogens is 597 g/mol. The molecule has 0 aliphatic heterocycles. The first kappa shape index (κ1) is 35.9. The number of rotatable bonds is 2. The third-order valence-corrected chi connectivity index (χ3v) is 4.35. The van der Waals surface area contributed by atoms with Crippen molar-refractivity contribution in [3.63, 3.8) is 0 Å². The first-order valence-corrected chi connectivity index (χ1v) is 10.9. The SMILES string of the molecule is CC(=O)O.CC(=O)O.N#Cc1ccc(N)nc1C1CC1.N#Cc1ccc(N)nc1Cl.OB(O)C1CC1.[Pd]. The van der Waals surface area contributed by atoms with E-state index in [-0.39, 0.29) is 31.4 Å². The van der Waals surface area contributed by atoms with Crippen LogP contribution in [-0.4, -0.2) is 49.3 Å². The van der Waals surface area contributed by atoms with Crippen LogP contribution in [0.5, 0.6) is 0 Å². The molecule has 2 aromatic rings. The number of nitrogens with two attached hydrogens (primary N) is 2. The molecule has 2 saturated carbocycles. The molecule has 37 heavy (non-hydrogen) atoms. The molecule has 0 atom stereocenters. The standard InChI is InChI=1S/C9H9N3.C6H4ClN3.C3H7BO2.2C2H4O2.Pd/c10-5-7-3-4-8(11)12-9(7)6-1-2-6;7-6-4(3-8)1-2-5(9)10-6;5-4(6)3-1-2-3;2*1-2(3)4;/h3-4,6H,1-2H2,(H2,11,12);1-2H,(H2,9,10);3,5-6H,1-2H2;2*1H3,(H,3,4);. The maximum atomic E-state index is 9.00. The number of carbonyl (C=O) groups is 2. The third-order valence-electron chi connectivity index (χ3n) is 4.07. The fourth-order valence-corrected chi connectivity index (χ4v) is 2.38. The average molecular weight is 625 g/mol. The average Bonchev–Trinajstić information content (AvgIpc) is 3.67. The molecule has 0 unspecified atom stereocenters. The fraction of sp³-hybridized carbons (Fsp3) is 0.364. The molecular formula is C22H28BClN6O6Pd. The maximum Gasteiger partial charge on any atom is 0.454 e. The van der Waals surface area contributed by atoms with E-state index in [0.29, 0.717) is 28.7 Å². The number of hydrogen-bond donors (Lipinski definition) is 6. The molecule has 0 saturated heterocycles. The minimum Gasteiger partial charge on any atom is -0.481 e. The van der Waals surface area contributed by atoms with E-state index in [0.717, 1.165) is 45.2 Å². The van der Waals surface area contributed by atoms with E-state index in [4.69, 9.17) is 63.4 Å². The largest absolute Gasteiger partial charge is 0.481 e. The van der Waals surface area contributed by atoms with Crippen LogP contribution < -0.4 is 11.5 Å². The van der Waals surface area contributed by atoms with Crippen molar-refractivity contribution >= 4 is 42.3 Å². The molecule has 2 heterocycles. The first-order valence-electron chi connectivity index (χ1n) is 10.6. The van der Waals surface area contributed by atoms with E-state index in [2.05, 4.69) is 16.0 Å². The Bertz CT molecular complexity index is 1080. The Labute approximate surface area is 233 Å². The zero-order valence-corrected chi connectivity index (χ0v) is 22.4. The summed E-state index contributed by atoms with van der Waals surface area (Å²) in [6.45, 7) is 2.17. The second-order valence-electron chi connectivity index (χ2n) is 7.53. The van der Waals surface area contributed by atoms with Gasteiger partial charge in [-0.3, -0.25) is 9.59 Å². The van der Waals surface area contributed by atoms with Crippen LogP contribution in [0.25, 0.3) is 0 Å². The van der Waals surface area contributed by atoms with Gasteiger partial charge in [0.25, 0.3) is 11.9 Å². The number of nitrogens with zero attached hydrogens (tertiary/aromatic N) is 4. The molecule has 8 N–H and O–H groups in total. The van der Waals surface area contributed by atoms with Crippen molar-refractivity contribution in [1.82, 2.24) is 9.97 Å². The molecule has 2 aliphatic carbocycles. The van der Waals surface area contributed by atoms with E-state index in [9.17, 15) is 0 Å². The molecule has 0 radical (unpaired) electrons. The molecule has 2 aliphatic rings. The van der Waals surface area contributed by atoms with Crippen molar-refractivity contribution in [1.29, 1.82) is 10.5 Å². The third kappa shape index (κ3) is 18.7. The fourth-order valence-electron chi connectivity index (χ4n) is 2.18. The number of nitrogen functional groups attached to an aromatic ring is 2. The van der Waals surface area contributed by atoms with Crippen LogP contribution in [0, 0.1) is 22.7 Å². The molecule has 202 valence electrons. The Kier molecular flexibility index (Phi) is 18.4. The monoisotopic (exact) mass is 624 g/mol. The van der Waals surface area contributed by atoms with Gasteiger partial charge in [-0.1, -0.05) is 24.4 Å². The minimum atomic E-state index is -1.04. The molecule has 12 nitrogen and oxygen atoms in total. The van der Waals surface area contributed by atoms with Crippen molar-refractivity contribution in [2.24, 2.45) is 0 Å². The van der Waals surface area contributed by atoms with E-state index < -0.39 is 19.1 Å². The molecule has 0 aromatic carbocycles. The summed E-state index contributed by atoms with van der Waals surface area (Å²) in [5.41, 5.74) is 12.7. The summed E-state index contributed by atoms with van der Waals surface area (Å²) in [5.74, 6) is -0.131. The van der Waals surface area contributed by atoms with Gasteiger partial charge in [0.15, 0.2) is 0 Å². The number of aliphatic carboxylic acids is 2. The van der Waals surface area contributed by atoms with Crippen LogP contribution in [-0.2, 0) is 30.0 Å². The van der Waals surface area contributed by atoms with E-state index in [1.54, 1.807) is 12.1 Å². The van der Waals surface area contributed by atoms with E-state index >= 15 is 0 Å². The Morgan fingerprint density at radius 2 is 1.32 bits per heavy atom. The van der Waals surface area contributed by atoms with E-state index in [1.807, 2.05) is 6.07 Å². The van der Waals surface area contributed by atoms with Crippen LogP contribution in [0.4, 0.5) is 11.6 Å². The summed E-state index contributed by atoms with van der Waals surface area (Å²) in [4.78, 5) is 25.8. The van der Waals surface area contributed by atoms with E-state index in [1.165, 1.54) is 12.1 Å². The topological polar surface area (TPSA) is 240 Å². The Morgan fingerprint density at radius 3 is 1.62 bits per heavy atom. The molecule has 2 aromatic heterocycles. The molecule has 15 heteroatoms. The Balaban J connectivity index is 0. The van der Waals surface area contributed by atoms with Gasteiger partial charge >= 0.3 is 7.12 Å². The van der Waals surface area contributed by atoms with Crippen molar-refractivity contribution < 1.29 is 50.3 Å². The van der Waals surface area contributed by atoms with Gasteiger partial charge in [0.05, 0.1) is 16.8 Å². The molecule has 0 amide bonds.